The molecule has 2 aromatic rings. The van der Waals surface area contributed by atoms with E-state index in [9.17, 15) is 14.9 Å². The monoisotopic (exact) mass is 471 g/mol. The molecule has 33 heavy (non-hydrogen) atoms. The second-order valence-electron chi connectivity index (χ2n) is 9.04. The Kier molecular flexibility index (Phi) is 7.86. The lowest BCUT2D eigenvalue weighted by atomic mass is 9.95. The van der Waals surface area contributed by atoms with E-state index in [1.165, 1.54) is 0 Å². The second-order valence-corrected chi connectivity index (χ2v) is 9.45. The second kappa shape index (κ2) is 11.0. The van der Waals surface area contributed by atoms with Crippen molar-refractivity contribution in [3.63, 3.8) is 0 Å². The number of nitrogens with zero attached hydrogens (tertiary/aromatic N) is 1. The van der Waals surface area contributed by atoms with Gasteiger partial charge in [0.2, 0.25) is 5.91 Å². The number of nitriles is 1. The predicted octanol–water partition coefficient (Wildman–Crippen LogP) is 3.09. The number of nitrogens with one attached hydrogen (secondary N) is 4. The van der Waals surface area contributed by atoms with E-state index in [0.29, 0.717) is 48.3 Å². The Morgan fingerprint density at radius 2 is 2.06 bits per heavy atom. The third kappa shape index (κ3) is 6.47. The lowest BCUT2D eigenvalue weighted by Crippen LogP contribution is -2.50. The summed E-state index contributed by atoms with van der Waals surface area (Å²) >= 11 is 6.21. The first-order chi connectivity index (χ1) is 16.0. The molecule has 9 heteroatoms. The van der Waals surface area contributed by atoms with Gasteiger partial charge in [0.25, 0.3) is 5.91 Å². The first-order valence-electron chi connectivity index (χ1n) is 11.6. The zero-order chi connectivity index (χ0) is 23.2. The van der Waals surface area contributed by atoms with E-state index in [2.05, 4.69) is 27.0 Å². The molecule has 176 valence electrons. The van der Waals surface area contributed by atoms with Crippen molar-refractivity contribution in [1.29, 1.82) is 5.26 Å². The van der Waals surface area contributed by atoms with Crippen molar-refractivity contribution in [2.45, 2.75) is 50.6 Å². The van der Waals surface area contributed by atoms with Crippen LogP contribution in [0.25, 0.3) is 10.9 Å². The van der Waals surface area contributed by atoms with Gasteiger partial charge in [-0.05, 0) is 56.2 Å². The minimum absolute atomic E-state index is 0.213. The highest BCUT2D eigenvalue weighted by atomic mass is 35.5. The summed E-state index contributed by atoms with van der Waals surface area (Å²) in [5.74, 6) is -0.0447. The predicted molar refractivity (Wildman–Crippen MR) is 126 cm³/mol. The maximum absolute atomic E-state index is 13.1. The molecule has 2 heterocycles. The number of halogens is 1. The van der Waals surface area contributed by atoms with Crippen LogP contribution in [0.4, 0.5) is 0 Å². The van der Waals surface area contributed by atoms with Crippen LogP contribution in [0.3, 0.4) is 0 Å². The summed E-state index contributed by atoms with van der Waals surface area (Å²) in [5, 5.41) is 19.9. The largest absolute Gasteiger partial charge is 0.366 e. The maximum Gasteiger partial charge on any atom is 0.268 e. The molecular weight excluding hydrogens is 442 g/mol. The van der Waals surface area contributed by atoms with E-state index in [1.54, 1.807) is 12.1 Å². The van der Waals surface area contributed by atoms with Crippen molar-refractivity contribution in [2.75, 3.05) is 19.9 Å². The summed E-state index contributed by atoms with van der Waals surface area (Å²) in [6.07, 6.45) is 5.15. The number of benzene rings is 1. The van der Waals surface area contributed by atoms with Gasteiger partial charge in [-0.3, -0.25) is 14.9 Å². The van der Waals surface area contributed by atoms with Gasteiger partial charge in [-0.2, -0.15) is 5.26 Å². The van der Waals surface area contributed by atoms with Crippen LogP contribution in [-0.2, 0) is 9.53 Å². The van der Waals surface area contributed by atoms with Crippen LogP contribution in [0, 0.1) is 23.2 Å². The molecule has 1 aliphatic heterocycles. The van der Waals surface area contributed by atoms with Crippen LogP contribution < -0.4 is 16.0 Å². The van der Waals surface area contributed by atoms with E-state index in [1.807, 2.05) is 12.1 Å². The Balaban J connectivity index is 1.40. The highest BCUT2D eigenvalue weighted by Gasteiger charge is 2.32. The number of hydrogen-bond donors (Lipinski definition) is 4. The van der Waals surface area contributed by atoms with Gasteiger partial charge in [0.15, 0.2) is 0 Å². The van der Waals surface area contributed by atoms with Gasteiger partial charge in [-0.1, -0.05) is 36.6 Å². The fourth-order valence-corrected chi connectivity index (χ4v) is 4.53. The Morgan fingerprint density at radius 3 is 2.82 bits per heavy atom. The molecular formula is C24H30ClN5O3. The molecule has 1 saturated heterocycles. The Hall–Kier alpha value is -2.60. The van der Waals surface area contributed by atoms with Crippen molar-refractivity contribution in [1.82, 2.24) is 20.9 Å². The Morgan fingerprint density at radius 1 is 1.21 bits per heavy atom. The lowest BCUT2D eigenvalue weighted by molar-refractivity contribution is -0.123. The first-order valence-corrected chi connectivity index (χ1v) is 12.0. The van der Waals surface area contributed by atoms with E-state index in [4.69, 9.17) is 16.3 Å². The molecule has 0 radical (unpaired) electrons. The van der Waals surface area contributed by atoms with Crippen molar-refractivity contribution in [2.24, 2.45) is 11.8 Å². The number of fused-ring (bicyclic) bond motifs is 1. The number of hydrogen-bond acceptors (Lipinski definition) is 5. The smallest absolute Gasteiger partial charge is 0.268 e. The molecule has 2 fully saturated rings. The van der Waals surface area contributed by atoms with E-state index < -0.39 is 12.1 Å². The third-order valence-corrected chi connectivity index (χ3v) is 6.62. The van der Waals surface area contributed by atoms with Crippen LogP contribution in [-0.4, -0.2) is 48.8 Å². The van der Waals surface area contributed by atoms with E-state index in [-0.39, 0.29) is 17.7 Å². The van der Waals surface area contributed by atoms with Crippen molar-refractivity contribution < 1.29 is 14.3 Å². The van der Waals surface area contributed by atoms with Gasteiger partial charge in [-0.15, -0.1) is 0 Å². The van der Waals surface area contributed by atoms with Gasteiger partial charge in [0.05, 0.1) is 29.9 Å². The number of ether oxygens (including phenoxy) is 1. The van der Waals surface area contributed by atoms with Gasteiger partial charge in [-0.25, -0.2) is 0 Å². The van der Waals surface area contributed by atoms with Crippen LogP contribution in [0.15, 0.2) is 24.3 Å². The molecule has 2 aliphatic rings. The van der Waals surface area contributed by atoms with E-state index >= 15 is 0 Å². The van der Waals surface area contributed by atoms with E-state index in [0.717, 1.165) is 37.6 Å². The molecule has 1 aromatic carbocycles. The fraction of sp³-hybridized carbons (Fsp3) is 0.542. The molecule has 0 bridgehead atoms. The zero-order valence-electron chi connectivity index (χ0n) is 18.5. The standard InChI is InChI=1S/C24H30ClN5O3/c25-19-5-1-4-17-11-21(29-22(17)19)24(32)30-20(10-15-6-7-15)23(31)28-18(12-26)9-16-3-2-8-27-14-33-13-16/h1,4-5,11,15-16,18,20,27,29H,2-3,6-10,13-14H2,(H,28,31)(H,30,32)/t16-,18-,20-/m0/s1. The number of carbonyl (C=O) groups excluding carboxylic acids is 2. The summed E-state index contributed by atoms with van der Waals surface area (Å²) < 4.78 is 5.58. The average Bonchev–Trinajstić information content (AvgIpc) is 3.48. The van der Waals surface area contributed by atoms with Crippen molar-refractivity contribution in [3.8, 4) is 6.07 Å². The number of aromatic nitrogens is 1. The number of H-pyrrole nitrogens is 1. The molecule has 4 N–H and O–H groups in total. The number of aromatic amines is 1. The molecule has 1 saturated carbocycles. The summed E-state index contributed by atoms with van der Waals surface area (Å²) in [6.45, 7) is 1.95. The summed E-state index contributed by atoms with van der Waals surface area (Å²) in [7, 11) is 0. The molecule has 2 amide bonds. The molecule has 0 spiro atoms. The number of carbonyl (C=O) groups is 2. The number of rotatable bonds is 8. The summed E-state index contributed by atoms with van der Waals surface area (Å²) in [4.78, 5) is 29.1. The van der Waals surface area contributed by atoms with Gasteiger partial charge < -0.3 is 20.4 Å². The molecule has 1 aromatic heterocycles. The van der Waals surface area contributed by atoms with Crippen LogP contribution in [0.1, 0.15) is 49.0 Å². The van der Waals surface area contributed by atoms with Crippen LogP contribution in [0.2, 0.25) is 5.02 Å². The lowest BCUT2D eigenvalue weighted by Gasteiger charge is -2.24. The van der Waals surface area contributed by atoms with Crippen molar-refractivity contribution in [3.05, 3.63) is 35.0 Å². The minimum atomic E-state index is -0.694. The SMILES string of the molecule is N#C[C@H](C[C@@H]1CCCNCOC1)NC(=O)[C@H](CC1CC1)NC(=O)c1cc2cccc(Cl)c2[nH]1. The minimum Gasteiger partial charge on any atom is -0.366 e. The Bertz CT molecular complexity index is 1020. The zero-order valence-corrected chi connectivity index (χ0v) is 19.3. The third-order valence-electron chi connectivity index (χ3n) is 6.30. The average molecular weight is 472 g/mol. The van der Waals surface area contributed by atoms with Crippen LogP contribution >= 0.6 is 11.6 Å². The summed E-state index contributed by atoms with van der Waals surface area (Å²) in [6, 6.07) is 8.07. The van der Waals surface area contributed by atoms with Crippen LogP contribution in [0.5, 0.6) is 0 Å². The highest BCUT2D eigenvalue weighted by molar-refractivity contribution is 6.35. The van der Waals surface area contributed by atoms with Gasteiger partial charge in [0.1, 0.15) is 17.8 Å². The number of amides is 2. The highest BCUT2D eigenvalue weighted by Crippen LogP contribution is 2.33. The summed E-state index contributed by atoms with van der Waals surface area (Å²) in [5.41, 5.74) is 1.04. The first kappa shape index (κ1) is 23.6. The molecule has 8 nitrogen and oxygen atoms in total. The molecule has 0 unspecified atom stereocenters. The Labute approximate surface area is 198 Å². The van der Waals surface area contributed by atoms with Gasteiger partial charge >= 0.3 is 0 Å². The van der Waals surface area contributed by atoms with Crippen molar-refractivity contribution >= 4 is 34.3 Å². The quantitative estimate of drug-likeness (QED) is 0.471. The molecule has 1 aliphatic carbocycles. The topological polar surface area (TPSA) is 119 Å². The normalized spacial score (nSPS) is 20.8. The fourth-order valence-electron chi connectivity index (χ4n) is 4.30. The van der Waals surface area contributed by atoms with Gasteiger partial charge in [0, 0.05) is 5.39 Å². The maximum atomic E-state index is 13.1. The molecule has 4 rings (SSSR count). The molecule has 3 atom stereocenters. The number of para-hydroxylation sites is 1.